The summed E-state index contributed by atoms with van der Waals surface area (Å²) in [5, 5.41) is 0.991. The summed E-state index contributed by atoms with van der Waals surface area (Å²) < 4.78 is 0. The summed E-state index contributed by atoms with van der Waals surface area (Å²) in [7, 11) is 0. The molecule has 0 saturated carbocycles. The summed E-state index contributed by atoms with van der Waals surface area (Å²) in [6.07, 6.45) is 4.77. The molecule has 0 aromatic carbocycles. The van der Waals surface area contributed by atoms with E-state index in [2.05, 4.69) is 16.2 Å². The summed E-state index contributed by atoms with van der Waals surface area (Å²) in [6, 6.07) is 4.03. The van der Waals surface area contributed by atoms with Gasteiger partial charge in [0.2, 0.25) is 0 Å². The van der Waals surface area contributed by atoms with Gasteiger partial charge < -0.3 is 0 Å². The Balaban J connectivity index is 2.41. The number of hydrogen-bond donors (Lipinski definition) is 0. The molecule has 65 valence electrons. The van der Waals surface area contributed by atoms with Crippen LogP contribution in [0.3, 0.4) is 0 Å². The zero-order valence-electron chi connectivity index (χ0n) is 7.53. The lowest BCUT2D eigenvalue weighted by Crippen LogP contribution is -1.81. The lowest BCUT2D eigenvalue weighted by Gasteiger charge is -1.94. The fourth-order valence-electron chi connectivity index (χ4n) is 1.04. The Labute approximate surface area is 81.3 Å². The summed E-state index contributed by atoms with van der Waals surface area (Å²) >= 11 is 1.64. The second-order valence-corrected chi connectivity index (χ2v) is 4.08. The molecule has 13 heavy (non-hydrogen) atoms. The average Bonchev–Trinajstić information content (AvgIpc) is 2.53. The number of thiazole rings is 1. The zero-order valence-corrected chi connectivity index (χ0v) is 8.35. The minimum atomic E-state index is 0.991. The van der Waals surface area contributed by atoms with Crippen molar-refractivity contribution in [2.24, 2.45) is 0 Å². The average molecular weight is 189 g/mol. The van der Waals surface area contributed by atoms with Gasteiger partial charge in [0, 0.05) is 22.3 Å². The van der Waals surface area contributed by atoms with Crippen molar-refractivity contribution in [2.45, 2.75) is 13.8 Å². The van der Waals surface area contributed by atoms with Crippen LogP contribution < -0.4 is 0 Å². The predicted molar refractivity (Wildman–Crippen MR) is 53.7 cm³/mol. The van der Waals surface area contributed by atoms with Gasteiger partial charge in [-0.3, -0.25) is 4.98 Å². The predicted octanol–water partition coefficient (Wildman–Crippen LogP) is 2.62. The van der Waals surface area contributed by atoms with E-state index in [1.807, 2.05) is 32.2 Å². The molecule has 2 rings (SSSR count). The van der Waals surface area contributed by atoms with Crippen LogP contribution in [0.2, 0.25) is 0 Å². The van der Waals surface area contributed by atoms with Crippen molar-refractivity contribution in [1.82, 2.24) is 9.97 Å². The maximum atomic E-state index is 4.22. The number of aromatic nitrogens is 2. The molecule has 2 heterocycles. The molecule has 0 unspecified atom stereocenters. The van der Waals surface area contributed by atoms with E-state index in [4.69, 9.17) is 0 Å². The molecule has 2 aromatic heterocycles. The number of hydrogen-bond acceptors (Lipinski definition) is 3. The standard InChI is InChI=1S/C10H9N2S/c1-7-3-4-9(6-11-7)10-12-5-8(2)13-10/h3-4,6H,1-2H3. The molecule has 0 fully saturated rings. The second-order valence-electron chi connectivity index (χ2n) is 2.88. The molecule has 2 nitrogen and oxygen atoms in total. The first kappa shape index (κ1) is 8.38. The Kier molecular flexibility index (Phi) is 2.10. The lowest BCUT2D eigenvalue weighted by atomic mass is 10.3. The van der Waals surface area contributed by atoms with Crippen LogP contribution >= 0.6 is 11.3 Å². The molecule has 0 aliphatic carbocycles. The highest BCUT2D eigenvalue weighted by molar-refractivity contribution is 7.14. The van der Waals surface area contributed by atoms with Crippen LogP contribution in [-0.2, 0) is 0 Å². The molecule has 0 aliphatic rings. The fourth-order valence-corrected chi connectivity index (χ4v) is 1.75. The van der Waals surface area contributed by atoms with Crippen LogP contribution in [0.25, 0.3) is 10.6 Å². The number of nitrogens with zero attached hydrogens (tertiary/aromatic N) is 2. The van der Waals surface area contributed by atoms with Gasteiger partial charge in [-0.05, 0) is 26.0 Å². The SMILES string of the molecule is Cc1ccc(-c2n[c]c(C)s2)cn1. The van der Waals surface area contributed by atoms with Crippen molar-refractivity contribution < 1.29 is 0 Å². The second kappa shape index (κ2) is 3.26. The van der Waals surface area contributed by atoms with Crippen molar-refractivity contribution in [1.29, 1.82) is 0 Å². The van der Waals surface area contributed by atoms with Gasteiger partial charge in [0.25, 0.3) is 0 Å². The minimum Gasteiger partial charge on any atom is -0.261 e. The van der Waals surface area contributed by atoms with E-state index in [9.17, 15) is 0 Å². The van der Waals surface area contributed by atoms with Gasteiger partial charge in [0.05, 0.1) is 0 Å². The third-order valence-corrected chi connectivity index (χ3v) is 2.64. The van der Waals surface area contributed by atoms with Crippen molar-refractivity contribution >= 4 is 11.3 Å². The summed E-state index contributed by atoms with van der Waals surface area (Å²) in [4.78, 5) is 9.49. The van der Waals surface area contributed by atoms with Gasteiger partial charge in [-0.1, -0.05) is 0 Å². The van der Waals surface area contributed by atoms with Gasteiger partial charge in [0.1, 0.15) is 11.2 Å². The molecule has 0 atom stereocenters. The van der Waals surface area contributed by atoms with Crippen LogP contribution in [-0.4, -0.2) is 9.97 Å². The Morgan fingerprint density at radius 2 is 2.15 bits per heavy atom. The fraction of sp³-hybridized carbons (Fsp3) is 0.200. The van der Waals surface area contributed by atoms with Crippen LogP contribution in [0.5, 0.6) is 0 Å². The van der Waals surface area contributed by atoms with E-state index in [0.29, 0.717) is 0 Å². The Morgan fingerprint density at radius 3 is 2.69 bits per heavy atom. The van der Waals surface area contributed by atoms with Gasteiger partial charge >= 0.3 is 0 Å². The first-order valence-electron chi connectivity index (χ1n) is 4.04. The normalized spacial score (nSPS) is 10.3. The molecule has 0 N–H and O–H groups in total. The van der Waals surface area contributed by atoms with E-state index in [1.165, 1.54) is 0 Å². The van der Waals surface area contributed by atoms with Gasteiger partial charge in [-0.15, -0.1) is 11.3 Å². The van der Waals surface area contributed by atoms with E-state index in [1.54, 1.807) is 11.3 Å². The summed E-state index contributed by atoms with van der Waals surface area (Å²) in [5.41, 5.74) is 2.10. The minimum absolute atomic E-state index is 0.991. The van der Waals surface area contributed by atoms with Crippen LogP contribution in [0, 0.1) is 20.0 Å². The van der Waals surface area contributed by atoms with Crippen molar-refractivity contribution in [3.8, 4) is 10.6 Å². The Morgan fingerprint density at radius 1 is 1.31 bits per heavy atom. The molecule has 3 heteroatoms. The molecule has 0 amide bonds. The summed E-state index contributed by atoms with van der Waals surface area (Å²) in [5.74, 6) is 0. The Hall–Kier alpha value is -1.22. The van der Waals surface area contributed by atoms with Crippen LogP contribution in [0.1, 0.15) is 10.6 Å². The number of pyridine rings is 1. The maximum Gasteiger partial charge on any atom is 0.125 e. The first-order chi connectivity index (χ1) is 6.25. The largest absolute Gasteiger partial charge is 0.261 e. The van der Waals surface area contributed by atoms with Crippen LogP contribution in [0.15, 0.2) is 18.3 Å². The monoisotopic (exact) mass is 189 g/mol. The third kappa shape index (κ3) is 1.75. The molecular weight excluding hydrogens is 180 g/mol. The molecule has 0 aliphatic heterocycles. The van der Waals surface area contributed by atoms with Gasteiger partial charge in [0.15, 0.2) is 0 Å². The van der Waals surface area contributed by atoms with Crippen molar-refractivity contribution in [2.75, 3.05) is 0 Å². The lowest BCUT2D eigenvalue weighted by molar-refractivity contribution is 1.20. The van der Waals surface area contributed by atoms with E-state index < -0.39 is 0 Å². The van der Waals surface area contributed by atoms with Gasteiger partial charge in [-0.2, -0.15) is 0 Å². The summed E-state index contributed by atoms with van der Waals surface area (Å²) in [6.45, 7) is 3.98. The molecule has 0 spiro atoms. The maximum absolute atomic E-state index is 4.22. The molecule has 2 aromatic rings. The van der Waals surface area contributed by atoms with E-state index in [0.717, 1.165) is 21.1 Å². The zero-order chi connectivity index (χ0) is 9.26. The first-order valence-corrected chi connectivity index (χ1v) is 4.85. The van der Waals surface area contributed by atoms with Crippen molar-refractivity contribution in [3.63, 3.8) is 0 Å². The third-order valence-electron chi connectivity index (χ3n) is 1.72. The van der Waals surface area contributed by atoms with E-state index in [-0.39, 0.29) is 0 Å². The Bertz CT molecular complexity index is 403. The molecule has 0 bridgehead atoms. The van der Waals surface area contributed by atoms with Crippen LogP contribution in [0.4, 0.5) is 0 Å². The highest BCUT2D eigenvalue weighted by Crippen LogP contribution is 2.23. The van der Waals surface area contributed by atoms with E-state index >= 15 is 0 Å². The molecule has 1 radical (unpaired) electrons. The number of aryl methyl sites for hydroxylation is 2. The molecule has 0 saturated heterocycles. The molecular formula is C10H9N2S. The topological polar surface area (TPSA) is 25.8 Å². The number of rotatable bonds is 1. The highest BCUT2D eigenvalue weighted by Gasteiger charge is 2.01. The highest BCUT2D eigenvalue weighted by atomic mass is 32.1. The smallest absolute Gasteiger partial charge is 0.125 e. The van der Waals surface area contributed by atoms with Gasteiger partial charge in [-0.25, -0.2) is 4.98 Å². The van der Waals surface area contributed by atoms with Crippen molar-refractivity contribution in [3.05, 3.63) is 35.1 Å². The quantitative estimate of drug-likeness (QED) is 0.689.